The number of nitrogens with zero attached hydrogens (tertiary/aromatic N) is 1. The maximum absolute atomic E-state index is 13.0. The Morgan fingerprint density at radius 2 is 1.88 bits per heavy atom. The van der Waals surface area contributed by atoms with Crippen LogP contribution in [0.3, 0.4) is 0 Å². The maximum Gasteiger partial charge on any atom is 0.227 e. The van der Waals surface area contributed by atoms with Gasteiger partial charge in [0.1, 0.15) is 0 Å². The van der Waals surface area contributed by atoms with E-state index in [1.807, 2.05) is 17.0 Å². The van der Waals surface area contributed by atoms with Crippen LogP contribution in [-0.4, -0.2) is 38.7 Å². The number of thiophene rings is 1. The average Bonchev–Trinajstić information content (AvgIpc) is 3.14. The van der Waals surface area contributed by atoms with Gasteiger partial charge in [-0.2, -0.15) is 0 Å². The summed E-state index contributed by atoms with van der Waals surface area (Å²) in [7, 11) is 4.74. The molecule has 1 aliphatic heterocycles. The molecule has 1 unspecified atom stereocenters. The Morgan fingerprint density at radius 3 is 2.46 bits per heavy atom. The van der Waals surface area contributed by atoms with Gasteiger partial charge < -0.3 is 19.1 Å². The summed E-state index contributed by atoms with van der Waals surface area (Å²) in [5.41, 5.74) is 2.16. The molecule has 2 heterocycles. The van der Waals surface area contributed by atoms with Crippen LogP contribution in [-0.2, 0) is 17.6 Å². The standard InChI is InChI=1S/C20H25NO4S/c1-5-15-14-7-9-26-18(14)6-8-21(15)19(22)12-13-10-16(23-2)20(25-4)17(11-13)24-3/h7,9-11,15H,5-6,8,12H2,1-4H3. The molecule has 1 atom stereocenters. The van der Waals surface area contributed by atoms with Crippen LogP contribution in [0.4, 0.5) is 0 Å². The van der Waals surface area contributed by atoms with Crippen molar-refractivity contribution in [3.05, 3.63) is 39.6 Å². The molecule has 0 fully saturated rings. The number of rotatable bonds is 6. The van der Waals surface area contributed by atoms with Crippen LogP contribution in [0, 0.1) is 0 Å². The molecule has 3 rings (SSSR count). The molecule has 26 heavy (non-hydrogen) atoms. The lowest BCUT2D eigenvalue weighted by Crippen LogP contribution is -2.40. The first-order valence-corrected chi connectivity index (χ1v) is 9.65. The lowest BCUT2D eigenvalue weighted by atomic mass is 9.97. The molecule has 0 saturated carbocycles. The van der Waals surface area contributed by atoms with Crippen LogP contribution < -0.4 is 14.2 Å². The van der Waals surface area contributed by atoms with E-state index >= 15 is 0 Å². The molecular weight excluding hydrogens is 350 g/mol. The van der Waals surface area contributed by atoms with E-state index in [4.69, 9.17) is 14.2 Å². The van der Waals surface area contributed by atoms with Gasteiger partial charge in [0, 0.05) is 11.4 Å². The topological polar surface area (TPSA) is 48.0 Å². The Balaban J connectivity index is 1.84. The van der Waals surface area contributed by atoms with Gasteiger partial charge in [0.2, 0.25) is 11.7 Å². The van der Waals surface area contributed by atoms with E-state index in [0.717, 1.165) is 24.9 Å². The monoisotopic (exact) mass is 375 g/mol. The van der Waals surface area contributed by atoms with Crippen molar-refractivity contribution in [2.24, 2.45) is 0 Å². The van der Waals surface area contributed by atoms with E-state index in [9.17, 15) is 4.79 Å². The number of methoxy groups -OCH3 is 3. The van der Waals surface area contributed by atoms with Crippen LogP contribution >= 0.6 is 11.3 Å². The second-order valence-electron chi connectivity index (χ2n) is 6.27. The minimum Gasteiger partial charge on any atom is -0.493 e. The Hall–Kier alpha value is -2.21. The molecule has 2 aromatic rings. The fourth-order valence-corrected chi connectivity index (χ4v) is 4.58. The summed E-state index contributed by atoms with van der Waals surface area (Å²) in [5.74, 6) is 1.81. The third kappa shape index (κ3) is 3.38. The third-order valence-corrected chi connectivity index (χ3v) is 5.88. The van der Waals surface area contributed by atoms with Crippen LogP contribution in [0.1, 0.15) is 35.4 Å². The smallest absolute Gasteiger partial charge is 0.227 e. The first-order chi connectivity index (χ1) is 12.6. The van der Waals surface area contributed by atoms with Crippen LogP contribution in [0.2, 0.25) is 0 Å². The lowest BCUT2D eigenvalue weighted by molar-refractivity contribution is -0.133. The maximum atomic E-state index is 13.0. The Kier molecular flexibility index (Phi) is 5.71. The molecule has 5 nitrogen and oxygen atoms in total. The van der Waals surface area contributed by atoms with Crippen molar-refractivity contribution in [3.63, 3.8) is 0 Å². The van der Waals surface area contributed by atoms with E-state index in [1.165, 1.54) is 10.4 Å². The summed E-state index contributed by atoms with van der Waals surface area (Å²) >= 11 is 1.79. The van der Waals surface area contributed by atoms with E-state index in [2.05, 4.69) is 18.4 Å². The van der Waals surface area contributed by atoms with Crippen molar-refractivity contribution in [1.82, 2.24) is 4.90 Å². The normalized spacial score (nSPS) is 16.2. The van der Waals surface area contributed by atoms with E-state index in [1.54, 1.807) is 32.7 Å². The molecular formula is C20H25NO4S. The van der Waals surface area contributed by atoms with Crippen LogP contribution in [0.15, 0.2) is 23.6 Å². The van der Waals surface area contributed by atoms with Crippen LogP contribution in [0.5, 0.6) is 17.2 Å². The SMILES string of the molecule is CCC1c2ccsc2CCN1C(=O)Cc1cc(OC)c(OC)c(OC)c1. The van der Waals surface area contributed by atoms with Crippen molar-refractivity contribution in [2.45, 2.75) is 32.2 Å². The number of hydrogen-bond acceptors (Lipinski definition) is 5. The van der Waals surface area contributed by atoms with Gasteiger partial charge in [-0.3, -0.25) is 4.79 Å². The molecule has 1 aromatic carbocycles. The van der Waals surface area contributed by atoms with E-state index in [-0.39, 0.29) is 11.9 Å². The van der Waals surface area contributed by atoms with Crippen molar-refractivity contribution in [2.75, 3.05) is 27.9 Å². The summed E-state index contributed by atoms with van der Waals surface area (Å²) in [6.07, 6.45) is 2.17. The average molecular weight is 375 g/mol. The molecule has 0 radical (unpaired) electrons. The largest absolute Gasteiger partial charge is 0.493 e. The number of fused-ring (bicyclic) bond motifs is 1. The van der Waals surface area contributed by atoms with Gasteiger partial charge in [0.05, 0.1) is 33.8 Å². The van der Waals surface area contributed by atoms with Crippen LogP contribution in [0.25, 0.3) is 0 Å². The Bertz CT molecular complexity index is 761. The second kappa shape index (κ2) is 7.99. The Morgan fingerprint density at radius 1 is 1.19 bits per heavy atom. The summed E-state index contributed by atoms with van der Waals surface area (Å²) in [6.45, 7) is 2.91. The van der Waals surface area contributed by atoms with Crippen molar-refractivity contribution < 1.29 is 19.0 Å². The molecule has 0 N–H and O–H groups in total. The van der Waals surface area contributed by atoms with Gasteiger partial charge in [0.15, 0.2) is 11.5 Å². The highest BCUT2D eigenvalue weighted by Gasteiger charge is 2.30. The van der Waals surface area contributed by atoms with Gasteiger partial charge in [0.25, 0.3) is 0 Å². The second-order valence-corrected chi connectivity index (χ2v) is 7.27. The minimum atomic E-state index is 0.128. The summed E-state index contributed by atoms with van der Waals surface area (Å²) < 4.78 is 16.1. The quantitative estimate of drug-likeness (QED) is 0.769. The molecule has 140 valence electrons. The van der Waals surface area contributed by atoms with Gasteiger partial charge in [-0.05, 0) is 47.5 Å². The van der Waals surface area contributed by atoms with Gasteiger partial charge in [-0.25, -0.2) is 0 Å². The fourth-order valence-electron chi connectivity index (χ4n) is 3.65. The summed E-state index contributed by atoms with van der Waals surface area (Å²) in [6, 6.07) is 6.02. The first-order valence-electron chi connectivity index (χ1n) is 8.77. The van der Waals surface area contributed by atoms with Gasteiger partial charge in [-0.1, -0.05) is 6.92 Å². The van der Waals surface area contributed by atoms with E-state index in [0.29, 0.717) is 23.7 Å². The van der Waals surface area contributed by atoms with Crippen molar-refractivity contribution >= 4 is 17.2 Å². The molecule has 6 heteroatoms. The number of benzene rings is 1. The first kappa shape index (κ1) is 18.6. The Labute approximate surface area is 158 Å². The highest BCUT2D eigenvalue weighted by molar-refractivity contribution is 7.10. The molecule has 0 spiro atoms. The molecule has 1 amide bonds. The predicted molar refractivity (Wildman–Crippen MR) is 103 cm³/mol. The fraction of sp³-hybridized carbons (Fsp3) is 0.450. The van der Waals surface area contributed by atoms with Crippen molar-refractivity contribution in [1.29, 1.82) is 0 Å². The number of carbonyl (C=O) groups excluding carboxylic acids is 1. The molecule has 0 saturated heterocycles. The highest BCUT2D eigenvalue weighted by Crippen LogP contribution is 2.39. The third-order valence-electron chi connectivity index (χ3n) is 4.88. The molecule has 0 bridgehead atoms. The number of hydrogen-bond donors (Lipinski definition) is 0. The van der Waals surface area contributed by atoms with Gasteiger partial charge >= 0.3 is 0 Å². The zero-order valence-electron chi connectivity index (χ0n) is 15.7. The number of carbonyl (C=O) groups is 1. The predicted octanol–water partition coefficient (Wildman–Crippen LogP) is 3.85. The number of ether oxygens (including phenoxy) is 3. The molecule has 0 aliphatic carbocycles. The number of amides is 1. The summed E-state index contributed by atoms with van der Waals surface area (Å²) in [4.78, 5) is 16.5. The van der Waals surface area contributed by atoms with Crippen molar-refractivity contribution in [3.8, 4) is 17.2 Å². The zero-order chi connectivity index (χ0) is 18.7. The molecule has 1 aromatic heterocycles. The zero-order valence-corrected chi connectivity index (χ0v) is 16.5. The van der Waals surface area contributed by atoms with Gasteiger partial charge in [-0.15, -0.1) is 11.3 Å². The summed E-state index contributed by atoms with van der Waals surface area (Å²) in [5, 5.41) is 2.13. The minimum absolute atomic E-state index is 0.128. The lowest BCUT2D eigenvalue weighted by Gasteiger charge is -2.35. The van der Waals surface area contributed by atoms with E-state index < -0.39 is 0 Å². The molecule has 1 aliphatic rings. The highest BCUT2D eigenvalue weighted by atomic mass is 32.1.